The van der Waals surface area contributed by atoms with Gasteiger partial charge in [-0.05, 0) is 49.9 Å². The van der Waals surface area contributed by atoms with Crippen LogP contribution in [-0.2, 0) is 0 Å². The van der Waals surface area contributed by atoms with Gasteiger partial charge in [0.15, 0.2) is 0 Å². The van der Waals surface area contributed by atoms with Crippen molar-refractivity contribution in [2.24, 2.45) is 0 Å². The number of nitrogens with zero attached hydrogens (tertiary/aromatic N) is 3. The summed E-state index contributed by atoms with van der Waals surface area (Å²) in [5.41, 5.74) is 1.34. The molecule has 7 heteroatoms. The molecule has 1 aromatic heterocycles. The second kappa shape index (κ2) is 9.32. The number of hydrogen-bond acceptors (Lipinski definition) is 5. The molecule has 0 radical (unpaired) electrons. The maximum atomic E-state index is 12.8. The number of amides is 2. The van der Waals surface area contributed by atoms with Crippen LogP contribution in [0.4, 0.5) is 5.69 Å². The van der Waals surface area contributed by atoms with Crippen LogP contribution in [0.3, 0.4) is 0 Å². The van der Waals surface area contributed by atoms with Gasteiger partial charge in [0.1, 0.15) is 11.4 Å². The average Bonchev–Trinajstić information content (AvgIpc) is 2.75. The lowest BCUT2D eigenvalue weighted by Gasteiger charge is -2.34. The molecule has 2 heterocycles. The fraction of sp³-hybridized carbons (Fsp3) is 0.381. The topological polar surface area (TPSA) is 74.8 Å². The van der Waals surface area contributed by atoms with E-state index in [-0.39, 0.29) is 17.5 Å². The first-order valence-corrected chi connectivity index (χ1v) is 9.62. The van der Waals surface area contributed by atoms with E-state index in [2.05, 4.69) is 22.1 Å². The molecule has 0 saturated carbocycles. The Morgan fingerprint density at radius 2 is 1.79 bits per heavy atom. The minimum Gasteiger partial charge on any atom is -0.494 e. The Hall–Kier alpha value is -2.93. The summed E-state index contributed by atoms with van der Waals surface area (Å²) in [6.07, 6.45) is 1.50. The first-order valence-electron chi connectivity index (χ1n) is 9.62. The predicted molar refractivity (Wildman–Crippen MR) is 108 cm³/mol. The Bertz CT molecular complexity index is 815. The largest absolute Gasteiger partial charge is 0.494 e. The number of anilines is 1. The SMILES string of the molecule is CCOc1ccc(NC(=O)c2cc(C(=O)N3CCN(CC)CC3)ccn2)cc1. The summed E-state index contributed by atoms with van der Waals surface area (Å²) in [6, 6.07) is 10.3. The number of carbonyl (C=O) groups excluding carboxylic acids is 2. The van der Waals surface area contributed by atoms with Crippen LogP contribution in [-0.4, -0.2) is 65.9 Å². The van der Waals surface area contributed by atoms with Crippen molar-refractivity contribution in [2.45, 2.75) is 13.8 Å². The van der Waals surface area contributed by atoms with Gasteiger partial charge in [0.25, 0.3) is 11.8 Å². The Morgan fingerprint density at radius 1 is 1.07 bits per heavy atom. The molecular formula is C21H26N4O3. The molecule has 2 aromatic rings. The van der Waals surface area contributed by atoms with Crippen LogP contribution in [0.25, 0.3) is 0 Å². The number of carbonyl (C=O) groups is 2. The Labute approximate surface area is 165 Å². The van der Waals surface area contributed by atoms with Crippen molar-refractivity contribution in [3.05, 3.63) is 53.9 Å². The van der Waals surface area contributed by atoms with E-state index < -0.39 is 0 Å². The number of nitrogens with one attached hydrogen (secondary N) is 1. The van der Waals surface area contributed by atoms with E-state index in [0.29, 0.717) is 30.9 Å². The van der Waals surface area contributed by atoms with Gasteiger partial charge in [-0.1, -0.05) is 6.92 Å². The van der Waals surface area contributed by atoms with Gasteiger partial charge < -0.3 is 19.9 Å². The van der Waals surface area contributed by atoms with Gasteiger partial charge in [-0.3, -0.25) is 14.6 Å². The van der Waals surface area contributed by atoms with E-state index in [9.17, 15) is 9.59 Å². The van der Waals surface area contributed by atoms with Crippen LogP contribution >= 0.6 is 0 Å². The summed E-state index contributed by atoms with van der Waals surface area (Å²) >= 11 is 0. The molecule has 2 amide bonds. The Morgan fingerprint density at radius 3 is 2.43 bits per heavy atom. The van der Waals surface area contributed by atoms with Crippen LogP contribution in [0.5, 0.6) is 5.75 Å². The van der Waals surface area contributed by atoms with E-state index in [1.165, 1.54) is 6.20 Å². The maximum Gasteiger partial charge on any atom is 0.274 e. The molecule has 148 valence electrons. The van der Waals surface area contributed by atoms with E-state index in [0.717, 1.165) is 25.4 Å². The van der Waals surface area contributed by atoms with E-state index in [4.69, 9.17) is 4.74 Å². The second-order valence-corrected chi connectivity index (χ2v) is 6.57. The highest BCUT2D eigenvalue weighted by Crippen LogP contribution is 2.17. The first-order chi connectivity index (χ1) is 13.6. The summed E-state index contributed by atoms with van der Waals surface area (Å²) in [6.45, 7) is 8.76. The van der Waals surface area contributed by atoms with Gasteiger partial charge >= 0.3 is 0 Å². The number of hydrogen-bond donors (Lipinski definition) is 1. The van der Waals surface area contributed by atoms with Gasteiger partial charge in [-0.25, -0.2) is 0 Å². The fourth-order valence-electron chi connectivity index (χ4n) is 3.13. The van der Waals surface area contributed by atoms with Crippen molar-refractivity contribution in [1.82, 2.24) is 14.8 Å². The zero-order chi connectivity index (χ0) is 19.9. The normalized spacial score (nSPS) is 14.6. The van der Waals surface area contributed by atoms with E-state index in [1.54, 1.807) is 36.4 Å². The molecule has 1 aliphatic heterocycles. The third-order valence-electron chi connectivity index (χ3n) is 4.77. The maximum absolute atomic E-state index is 12.8. The van der Waals surface area contributed by atoms with Gasteiger partial charge in [0.05, 0.1) is 6.61 Å². The van der Waals surface area contributed by atoms with Gasteiger partial charge in [-0.2, -0.15) is 0 Å². The predicted octanol–water partition coefficient (Wildman–Crippen LogP) is 2.51. The van der Waals surface area contributed by atoms with Gasteiger partial charge in [-0.15, -0.1) is 0 Å². The Kier molecular flexibility index (Phi) is 6.60. The molecule has 1 aromatic carbocycles. The van der Waals surface area contributed by atoms with Gasteiger partial charge in [0, 0.05) is 43.6 Å². The standard InChI is InChI=1S/C21H26N4O3/c1-3-24-11-13-25(14-12-24)21(27)16-9-10-22-19(15-16)20(26)23-17-5-7-18(8-6-17)28-4-2/h5-10,15H,3-4,11-14H2,1-2H3,(H,23,26). The number of likely N-dealkylation sites (N-methyl/N-ethyl adjacent to an activating group) is 1. The smallest absolute Gasteiger partial charge is 0.274 e. The minimum atomic E-state index is -0.352. The third kappa shape index (κ3) is 4.86. The monoisotopic (exact) mass is 382 g/mol. The minimum absolute atomic E-state index is 0.0618. The highest BCUT2D eigenvalue weighted by molar-refractivity contribution is 6.04. The highest BCUT2D eigenvalue weighted by atomic mass is 16.5. The lowest BCUT2D eigenvalue weighted by molar-refractivity contribution is 0.0643. The number of aromatic nitrogens is 1. The lowest BCUT2D eigenvalue weighted by Crippen LogP contribution is -2.48. The van der Waals surface area contributed by atoms with Crippen molar-refractivity contribution in [1.29, 1.82) is 0 Å². The molecule has 1 fully saturated rings. The molecule has 0 bridgehead atoms. The van der Waals surface area contributed by atoms with Crippen molar-refractivity contribution in [2.75, 3.05) is 44.6 Å². The fourth-order valence-corrected chi connectivity index (χ4v) is 3.13. The van der Waals surface area contributed by atoms with E-state index >= 15 is 0 Å². The van der Waals surface area contributed by atoms with Crippen molar-refractivity contribution in [3.8, 4) is 5.75 Å². The molecule has 0 atom stereocenters. The molecule has 1 N–H and O–H groups in total. The molecule has 1 saturated heterocycles. The zero-order valence-electron chi connectivity index (χ0n) is 16.4. The molecule has 0 spiro atoms. The van der Waals surface area contributed by atoms with Crippen LogP contribution in [0.1, 0.15) is 34.7 Å². The molecule has 1 aliphatic rings. The average molecular weight is 382 g/mol. The molecule has 7 nitrogen and oxygen atoms in total. The molecule has 28 heavy (non-hydrogen) atoms. The van der Waals surface area contributed by atoms with Crippen LogP contribution in [0, 0.1) is 0 Å². The number of piperazine rings is 1. The number of rotatable bonds is 6. The highest BCUT2D eigenvalue weighted by Gasteiger charge is 2.22. The number of ether oxygens (including phenoxy) is 1. The molecule has 3 rings (SSSR count). The summed E-state index contributed by atoms with van der Waals surface area (Å²) in [4.78, 5) is 33.5. The summed E-state index contributed by atoms with van der Waals surface area (Å²) < 4.78 is 5.39. The zero-order valence-corrected chi connectivity index (χ0v) is 16.4. The van der Waals surface area contributed by atoms with Crippen LogP contribution in [0.15, 0.2) is 42.6 Å². The number of pyridine rings is 1. The quantitative estimate of drug-likeness (QED) is 0.831. The van der Waals surface area contributed by atoms with Crippen molar-refractivity contribution >= 4 is 17.5 Å². The third-order valence-corrected chi connectivity index (χ3v) is 4.77. The first kappa shape index (κ1) is 19.8. The second-order valence-electron chi connectivity index (χ2n) is 6.57. The lowest BCUT2D eigenvalue weighted by atomic mass is 10.1. The van der Waals surface area contributed by atoms with Gasteiger partial charge in [0.2, 0.25) is 0 Å². The van der Waals surface area contributed by atoms with Crippen LogP contribution < -0.4 is 10.1 Å². The van der Waals surface area contributed by atoms with Crippen molar-refractivity contribution in [3.63, 3.8) is 0 Å². The van der Waals surface area contributed by atoms with Crippen molar-refractivity contribution < 1.29 is 14.3 Å². The van der Waals surface area contributed by atoms with E-state index in [1.807, 2.05) is 11.8 Å². The molecular weight excluding hydrogens is 356 g/mol. The summed E-state index contributed by atoms with van der Waals surface area (Å²) in [5, 5.41) is 2.80. The summed E-state index contributed by atoms with van der Waals surface area (Å²) in [7, 11) is 0. The van der Waals surface area contributed by atoms with Crippen LogP contribution in [0.2, 0.25) is 0 Å². The molecule has 0 unspecified atom stereocenters. The molecule has 0 aliphatic carbocycles. The Balaban J connectivity index is 1.65. The number of benzene rings is 1. The summed E-state index contributed by atoms with van der Waals surface area (Å²) in [5.74, 6) is 0.331.